The molecule has 2 N–H and O–H groups in total. The molecule has 0 saturated carbocycles. The zero-order chi connectivity index (χ0) is 19.0. The molecule has 0 fully saturated rings. The minimum absolute atomic E-state index is 0.431. The third kappa shape index (κ3) is 3.36. The minimum atomic E-state index is 0.431. The molecule has 134 valence electrons. The second kappa shape index (κ2) is 6.96. The van der Waals surface area contributed by atoms with Crippen molar-refractivity contribution in [3.05, 3.63) is 65.4 Å². The first-order valence-corrected chi connectivity index (χ1v) is 9.27. The quantitative estimate of drug-likeness (QED) is 0.517. The lowest BCUT2D eigenvalue weighted by Crippen LogP contribution is -2.08. The standard InChI is InChI=1S/C21H18BrN5/c1-27(2)16-9-5-13(6-10-16)17-11-18-20(23)24-12-25-21(18)26-19(17)14-3-7-15(22)8-4-14/h3-12H,1-2H3,(H2,23,24,25,26). The summed E-state index contributed by atoms with van der Waals surface area (Å²) in [7, 11) is 4.05. The number of halogens is 1. The highest BCUT2D eigenvalue weighted by Crippen LogP contribution is 2.35. The molecule has 0 saturated heterocycles. The van der Waals surface area contributed by atoms with Crippen LogP contribution in [0.1, 0.15) is 0 Å². The molecule has 0 aliphatic carbocycles. The molecule has 0 atom stereocenters. The highest BCUT2D eigenvalue weighted by Gasteiger charge is 2.14. The number of nitrogen functional groups attached to an aromatic ring is 1. The summed E-state index contributed by atoms with van der Waals surface area (Å²) in [6.07, 6.45) is 1.45. The van der Waals surface area contributed by atoms with Crippen molar-refractivity contribution in [3.63, 3.8) is 0 Å². The van der Waals surface area contributed by atoms with Gasteiger partial charge in [-0.05, 0) is 35.9 Å². The van der Waals surface area contributed by atoms with E-state index in [2.05, 4.69) is 55.1 Å². The van der Waals surface area contributed by atoms with E-state index in [-0.39, 0.29) is 0 Å². The summed E-state index contributed by atoms with van der Waals surface area (Å²) in [5.41, 5.74) is 11.7. The van der Waals surface area contributed by atoms with Crippen LogP contribution in [0.25, 0.3) is 33.4 Å². The maximum atomic E-state index is 6.07. The summed E-state index contributed by atoms with van der Waals surface area (Å²) in [6.45, 7) is 0. The van der Waals surface area contributed by atoms with Gasteiger partial charge in [-0.15, -0.1) is 0 Å². The largest absolute Gasteiger partial charge is 0.383 e. The van der Waals surface area contributed by atoms with E-state index in [0.717, 1.165) is 37.9 Å². The number of nitrogens with two attached hydrogens (primary N) is 1. The predicted octanol–water partition coefficient (Wildman–Crippen LogP) is 4.77. The molecule has 0 aliphatic rings. The maximum absolute atomic E-state index is 6.07. The van der Waals surface area contributed by atoms with Gasteiger partial charge in [0, 0.05) is 35.4 Å². The second-order valence-electron chi connectivity index (χ2n) is 6.46. The van der Waals surface area contributed by atoms with Crippen LogP contribution in [0.4, 0.5) is 11.5 Å². The van der Waals surface area contributed by atoms with Gasteiger partial charge in [0.25, 0.3) is 0 Å². The summed E-state index contributed by atoms with van der Waals surface area (Å²) in [4.78, 5) is 15.3. The number of nitrogens with zero attached hydrogens (tertiary/aromatic N) is 4. The van der Waals surface area contributed by atoms with Gasteiger partial charge in [-0.25, -0.2) is 15.0 Å². The Kier molecular flexibility index (Phi) is 4.49. The number of fused-ring (bicyclic) bond motifs is 1. The van der Waals surface area contributed by atoms with Crippen molar-refractivity contribution >= 4 is 38.5 Å². The summed E-state index contributed by atoms with van der Waals surface area (Å²) in [5, 5.41) is 0.755. The molecule has 0 unspecified atom stereocenters. The molecule has 5 nitrogen and oxygen atoms in total. The number of aromatic nitrogens is 3. The molecular weight excluding hydrogens is 402 g/mol. The summed E-state index contributed by atoms with van der Waals surface area (Å²) >= 11 is 3.49. The Hall–Kier alpha value is -2.99. The molecule has 0 radical (unpaired) electrons. The molecule has 0 bridgehead atoms. The smallest absolute Gasteiger partial charge is 0.165 e. The molecule has 2 heterocycles. The van der Waals surface area contributed by atoms with Crippen molar-refractivity contribution in [2.45, 2.75) is 0 Å². The molecule has 27 heavy (non-hydrogen) atoms. The van der Waals surface area contributed by atoms with Crippen LogP contribution in [-0.4, -0.2) is 29.0 Å². The zero-order valence-electron chi connectivity index (χ0n) is 15.0. The van der Waals surface area contributed by atoms with Gasteiger partial charge in [0.2, 0.25) is 0 Å². The average molecular weight is 420 g/mol. The molecule has 6 heteroatoms. The maximum Gasteiger partial charge on any atom is 0.165 e. The van der Waals surface area contributed by atoms with Crippen LogP contribution in [0.2, 0.25) is 0 Å². The Balaban J connectivity index is 1.97. The van der Waals surface area contributed by atoms with Gasteiger partial charge in [-0.1, -0.05) is 40.2 Å². The number of benzene rings is 2. The van der Waals surface area contributed by atoms with Gasteiger partial charge < -0.3 is 10.6 Å². The second-order valence-corrected chi connectivity index (χ2v) is 7.38. The number of rotatable bonds is 3. The van der Waals surface area contributed by atoms with Crippen molar-refractivity contribution < 1.29 is 0 Å². The molecule has 0 spiro atoms. The number of anilines is 2. The SMILES string of the molecule is CN(C)c1ccc(-c2cc3c(N)ncnc3nc2-c2ccc(Br)cc2)cc1. The minimum Gasteiger partial charge on any atom is -0.383 e. The van der Waals surface area contributed by atoms with E-state index in [1.54, 1.807) is 0 Å². The highest BCUT2D eigenvalue weighted by molar-refractivity contribution is 9.10. The lowest BCUT2D eigenvalue weighted by atomic mass is 9.98. The number of pyridine rings is 1. The van der Waals surface area contributed by atoms with E-state index in [9.17, 15) is 0 Å². The first-order chi connectivity index (χ1) is 13.0. The summed E-state index contributed by atoms with van der Waals surface area (Å²) in [6, 6.07) is 18.5. The van der Waals surface area contributed by atoms with E-state index >= 15 is 0 Å². The van der Waals surface area contributed by atoms with Crippen LogP contribution in [0.5, 0.6) is 0 Å². The van der Waals surface area contributed by atoms with E-state index in [1.165, 1.54) is 6.33 Å². The Labute approximate surface area is 166 Å². The topological polar surface area (TPSA) is 67.9 Å². The zero-order valence-corrected chi connectivity index (χ0v) is 16.6. The molecule has 4 rings (SSSR count). The third-order valence-electron chi connectivity index (χ3n) is 4.47. The van der Waals surface area contributed by atoms with Crippen molar-refractivity contribution in [2.75, 3.05) is 24.7 Å². The van der Waals surface area contributed by atoms with Gasteiger partial charge in [0.15, 0.2) is 5.65 Å². The fourth-order valence-electron chi connectivity index (χ4n) is 2.99. The summed E-state index contributed by atoms with van der Waals surface area (Å²) < 4.78 is 1.02. The molecule has 4 aromatic rings. The van der Waals surface area contributed by atoms with E-state index < -0.39 is 0 Å². The van der Waals surface area contributed by atoms with Crippen LogP contribution in [0.3, 0.4) is 0 Å². The van der Waals surface area contributed by atoms with E-state index in [0.29, 0.717) is 11.5 Å². The van der Waals surface area contributed by atoms with Crippen LogP contribution >= 0.6 is 15.9 Å². The van der Waals surface area contributed by atoms with Crippen LogP contribution in [-0.2, 0) is 0 Å². The first kappa shape index (κ1) is 17.4. The Bertz CT molecular complexity index is 1110. The Morgan fingerprint density at radius 1 is 0.889 bits per heavy atom. The average Bonchev–Trinajstić information content (AvgIpc) is 2.68. The molecule has 2 aromatic heterocycles. The van der Waals surface area contributed by atoms with Crippen LogP contribution in [0.15, 0.2) is 65.4 Å². The lowest BCUT2D eigenvalue weighted by molar-refractivity contribution is 1.13. The van der Waals surface area contributed by atoms with Gasteiger partial charge in [0.1, 0.15) is 12.1 Å². The fourth-order valence-corrected chi connectivity index (χ4v) is 3.26. The van der Waals surface area contributed by atoms with Crippen LogP contribution in [0, 0.1) is 0 Å². The summed E-state index contributed by atoms with van der Waals surface area (Å²) in [5.74, 6) is 0.431. The van der Waals surface area contributed by atoms with Gasteiger partial charge in [-0.3, -0.25) is 0 Å². The number of hydrogen-bond acceptors (Lipinski definition) is 5. The fraction of sp³-hybridized carbons (Fsp3) is 0.0952. The Morgan fingerprint density at radius 3 is 2.22 bits per heavy atom. The molecular formula is C21H18BrN5. The van der Waals surface area contributed by atoms with Crippen molar-refractivity contribution in [1.29, 1.82) is 0 Å². The third-order valence-corrected chi connectivity index (χ3v) is 5.00. The Morgan fingerprint density at radius 2 is 1.56 bits per heavy atom. The van der Waals surface area contributed by atoms with E-state index in [4.69, 9.17) is 10.7 Å². The van der Waals surface area contributed by atoms with E-state index in [1.807, 2.05) is 44.4 Å². The molecule has 0 amide bonds. The van der Waals surface area contributed by atoms with Crippen molar-refractivity contribution in [3.8, 4) is 22.4 Å². The molecule has 0 aliphatic heterocycles. The normalized spacial score (nSPS) is 10.9. The monoisotopic (exact) mass is 419 g/mol. The highest BCUT2D eigenvalue weighted by atomic mass is 79.9. The lowest BCUT2D eigenvalue weighted by Gasteiger charge is -2.15. The van der Waals surface area contributed by atoms with Gasteiger partial charge in [-0.2, -0.15) is 0 Å². The van der Waals surface area contributed by atoms with Gasteiger partial charge in [0.05, 0.1) is 11.1 Å². The van der Waals surface area contributed by atoms with Crippen molar-refractivity contribution in [1.82, 2.24) is 15.0 Å². The molecule has 2 aromatic carbocycles. The number of hydrogen-bond donors (Lipinski definition) is 1. The predicted molar refractivity (Wildman–Crippen MR) is 115 cm³/mol. The van der Waals surface area contributed by atoms with Crippen molar-refractivity contribution in [2.24, 2.45) is 0 Å². The van der Waals surface area contributed by atoms with Crippen LogP contribution < -0.4 is 10.6 Å². The first-order valence-electron chi connectivity index (χ1n) is 8.48. The van der Waals surface area contributed by atoms with Gasteiger partial charge >= 0.3 is 0 Å².